The smallest absolute Gasteiger partial charge is 0.337 e. The fourth-order valence-electron chi connectivity index (χ4n) is 3.80. The number of allylic oxidation sites excluding steroid dienone is 2. The minimum atomic E-state index is -0.690. The number of carbonyl (C=O) groups is 2. The first-order valence-electron chi connectivity index (χ1n) is 11.5. The standard InChI is InChI=1S/C27H37N3O4/c1-17-21(24(31)33-26(3,4)5)23(22(18(2)29-17)25(32)34-27(6,7)8)19-11-13-20(14-12-19)30(9)16-10-15-28/h11-14,23,29H,10,16H2,1-9H3. The van der Waals surface area contributed by atoms with E-state index in [0.29, 0.717) is 35.5 Å². The Morgan fingerprint density at radius 2 is 1.38 bits per heavy atom. The van der Waals surface area contributed by atoms with Crippen LogP contribution in [0.5, 0.6) is 0 Å². The minimum Gasteiger partial charge on any atom is -0.457 e. The molecule has 0 radical (unpaired) electrons. The quantitative estimate of drug-likeness (QED) is 0.592. The lowest BCUT2D eigenvalue weighted by Gasteiger charge is -2.33. The average molecular weight is 468 g/mol. The third-order valence-electron chi connectivity index (χ3n) is 5.22. The topological polar surface area (TPSA) is 91.7 Å². The van der Waals surface area contributed by atoms with E-state index in [0.717, 1.165) is 11.3 Å². The molecule has 0 aromatic heterocycles. The number of carbonyl (C=O) groups excluding carboxylic acids is 2. The molecule has 0 spiro atoms. The third kappa shape index (κ3) is 6.86. The van der Waals surface area contributed by atoms with Gasteiger partial charge in [0.25, 0.3) is 0 Å². The molecule has 0 amide bonds. The number of nitrogens with zero attached hydrogens (tertiary/aromatic N) is 2. The Labute approximate surface area is 203 Å². The molecule has 0 bridgehead atoms. The van der Waals surface area contributed by atoms with Gasteiger partial charge in [-0.1, -0.05) is 12.1 Å². The van der Waals surface area contributed by atoms with Gasteiger partial charge in [-0.2, -0.15) is 5.26 Å². The highest BCUT2D eigenvalue weighted by Gasteiger charge is 2.39. The molecule has 0 atom stereocenters. The summed E-state index contributed by atoms with van der Waals surface area (Å²) in [6, 6.07) is 9.82. The molecule has 1 aliphatic heterocycles. The molecule has 0 fully saturated rings. The first-order valence-corrected chi connectivity index (χ1v) is 11.5. The molecule has 7 nitrogen and oxygen atoms in total. The number of nitriles is 1. The number of esters is 2. The van der Waals surface area contributed by atoms with Crippen molar-refractivity contribution < 1.29 is 19.1 Å². The van der Waals surface area contributed by atoms with Crippen LogP contribution in [0.25, 0.3) is 0 Å². The van der Waals surface area contributed by atoms with Gasteiger partial charge in [0, 0.05) is 30.7 Å². The molecule has 34 heavy (non-hydrogen) atoms. The van der Waals surface area contributed by atoms with Gasteiger partial charge in [-0.05, 0) is 73.1 Å². The highest BCUT2D eigenvalue weighted by molar-refractivity contribution is 6.00. The Morgan fingerprint density at radius 1 is 0.941 bits per heavy atom. The maximum atomic E-state index is 13.3. The van der Waals surface area contributed by atoms with Crippen molar-refractivity contribution in [2.45, 2.75) is 78.9 Å². The summed E-state index contributed by atoms with van der Waals surface area (Å²) in [6.45, 7) is 15.1. The maximum absolute atomic E-state index is 13.3. The van der Waals surface area contributed by atoms with Gasteiger partial charge in [0.15, 0.2) is 0 Å². The first kappa shape index (κ1) is 27.0. The predicted molar refractivity (Wildman–Crippen MR) is 133 cm³/mol. The second kappa shape index (κ2) is 10.3. The zero-order valence-corrected chi connectivity index (χ0v) is 21.8. The minimum absolute atomic E-state index is 0.381. The lowest BCUT2D eigenvalue weighted by molar-refractivity contribution is -0.150. The number of hydrogen-bond donors (Lipinski definition) is 1. The van der Waals surface area contributed by atoms with Crippen LogP contribution in [0, 0.1) is 11.3 Å². The van der Waals surface area contributed by atoms with E-state index in [2.05, 4.69) is 11.4 Å². The second-order valence-electron chi connectivity index (χ2n) is 10.6. The van der Waals surface area contributed by atoms with Crippen molar-refractivity contribution in [3.63, 3.8) is 0 Å². The molecular weight excluding hydrogens is 430 g/mol. The van der Waals surface area contributed by atoms with Gasteiger partial charge in [0.05, 0.1) is 29.6 Å². The maximum Gasteiger partial charge on any atom is 0.337 e. The molecular formula is C27H37N3O4. The fourth-order valence-corrected chi connectivity index (χ4v) is 3.80. The molecule has 1 aromatic carbocycles. The summed E-state index contributed by atoms with van der Waals surface area (Å²) in [5.74, 6) is -1.61. The summed E-state index contributed by atoms with van der Waals surface area (Å²) in [5.41, 5.74) is 2.37. The molecule has 2 rings (SSSR count). The molecule has 1 aliphatic rings. The zero-order chi connectivity index (χ0) is 25.8. The molecule has 7 heteroatoms. The summed E-state index contributed by atoms with van der Waals surface area (Å²) in [7, 11) is 1.92. The Morgan fingerprint density at radius 3 is 1.76 bits per heavy atom. The second-order valence-corrected chi connectivity index (χ2v) is 10.6. The molecule has 0 aliphatic carbocycles. The van der Waals surface area contributed by atoms with Crippen molar-refractivity contribution in [3.05, 3.63) is 52.4 Å². The number of nitrogens with one attached hydrogen (secondary N) is 1. The Balaban J connectivity index is 2.59. The number of dihydropyridines is 1. The highest BCUT2D eigenvalue weighted by atomic mass is 16.6. The number of anilines is 1. The lowest BCUT2D eigenvalue weighted by Crippen LogP contribution is -2.36. The van der Waals surface area contributed by atoms with Crippen molar-refractivity contribution in [1.29, 1.82) is 5.26 Å². The van der Waals surface area contributed by atoms with E-state index in [-0.39, 0.29) is 0 Å². The fraction of sp³-hybridized carbons (Fsp3) is 0.519. The summed E-state index contributed by atoms with van der Waals surface area (Å²) in [6.07, 6.45) is 0.419. The normalized spacial score (nSPS) is 14.9. The molecule has 0 saturated carbocycles. The van der Waals surface area contributed by atoms with Crippen molar-refractivity contribution in [1.82, 2.24) is 5.32 Å². The number of hydrogen-bond acceptors (Lipinski definition) is 7. The van der Waals surface area contributed by atoms with Crippen molar-refractivity contribution in [2.24, 2.45) is 0 Å². The largest absolute Gasteiger partial charge is 0.457 e. The summed E-state index contributed by atoms with van der Waals surface area (Å²) < 4.78 is 11.4. The van der Waals surface area contributed by atoms with Crippen molar-refractivity contribution >= 4 is 17.6 Å². The Hall–Kier alpha value is -3.27. The van der Waals surface area contributed by atoms with Crippen LogP contribution < -0.4 is 10.2 Å². The molecule has 0 unspecified atom stereocenters. The number of rotatable bonds is 6. The summed E-state index contributed by atoms with van der Waals surface area (Å²) >= 11 is 0. The molecule has 0 saturated heterocycles. The van der Waals surface area contributed by atoms with E-state index in [1.54, 1.807) is 0 Å². The van der Waals surface area contributed by atoms with Crippen LogP contribution in [0.1, 0.15) is 73.3 Å². The van der Waals surface area contributed by atoms with E-state index < -0.39 is 29.1 Å². The molecule has 1 N–H and O–H groups in total. The number of benzene rings is 1. The van der Waals surface area contributed by atoms with Gasteiger partial charge in [0.2, 0.25) is 0 Å². The average Bonchev–Trinajstić information content (AvgIpc) is 2.68. The lowest BCUT2D eigenvalue weighted by atomic mass is 9.80. The van der Waals surface area contributed by atoms with Crippen LogP contribution in [0.15, 0.2) is 46.8 Å². The SMILES string of the molecule is CC1=C(C(=O)OC(C)(C)C)C(c2ccc(N(C)CCC#N)cc2)C(C(=O)OC(C)(C)C)=C(C)N1. The molecule has 1 aromatic rings. The van der Waals surface area contributed by atoms with Crippen LogP contribution in [0.2, 0.25) is 0 Å². The zero-order valence-electron chi connectivity index (χ0n) is 21.8. The van der Waals surface area contributed by atoms with E-state index in [4.69, 9.17) is 14.7 Å². The van der Waals surface area contributed by atoms with E-state index in [9.17, 15) is 9.59 Å². The van der Waals surface area contributed by atoms with Crippen molar-refractivity contribution in [2.75, 3.05) is 18.5 Å². The van der Waals surface area contributed by atoms with Gasteiger partial charge in [-0.25, -0.2) is 9.59 Å². The van der Waals surface area contributed by atoms with Gasteiger partial charge in [-0.3, -0.25) is 0 Å². The van der Waals surface area contributed by atoms with Gasteiger partial charge in [-0.15, -0.1) is 0 Å². The Bertz CT molecular complexity index is 982. The van der Waals surface area contributed by atoms with Crippen LogP contribution >= 0.6 is 0 Å². The third-order valence-corrected chi connectivity index (χ3v) is 5.22. The van der Waals surface area contributed by atoms with Gasteiger partial charge >= 0.3 is 11.9 Å². The van der Waals surface area contributed by atoms with Crippen LogP contribution in [0.3, 0.4) is 0 Å². The van der Waals surface area contributed by atoms with Crippen LogP contribution in [0.4, 0.5) is 5.69 Å². The Kier molecular flexibility index (Phi) is 8.20. The van der Waals surface area contributed by atoms with E-state index in [1.165, 1.54) is 0 Å². The molecule has 1 heterocycles. The summed E-state index contributed by atoms with van der Waals surface area (Å²) in [5, 5.41) is 12.1. The first-order chi connectivity index (χ1) is 15.6. The van der Waals surface area contributed by atoms with Crippen molar-refractivity contribution in [3.8, 4) is 6.07 Å². The molecule has 184 valence electrons. The van der Waals surface area contributed by atoms with Gasteiger partial charge in [0.1, 0.15) is 11.2 Å². The monoisotopic (exact) mass is 467 g/mol. The predicted octanol–water partition coefficient (Wildman–Crippen LogP) is 4.95. The van der Waals surface area contributed by atoms with Gasteiger partial charge < -0.3 is 19.7 Å². The van der Waals surface area contributed by atoms with E-state index in [1.807, 2.05) is 91.6 Å². The highest BCUT2D eigenvalue weighted by Crippen LogP contribution is 2.40. The van der Waals surface area contributed by atoms with E-state index >= 15 is 0 Å². The summed E-state index contributed by atoms with van der Waals surface area (Å²) in [4.78, 5) is 28.6. The van der Waals surface area contributed by atoms with Crippen LogP contribution in [-0.2, 0) is 19.1 Å². The van der Waals surface area contributed by atoms with Crippen LogP contribution in [-0.4, -0.2) is 36.7 Å². The number of ether oxygens (including phenoxy) is 2.